The maximum absolute atomic E-state index is 12.7. The molecule has 0 spiro atoms. The Morgan fingerprint density at radius 3 is 2.41 bits per heavy atom. The Morgan fingerprint density at radius 1 is 1.03 bits per heavy atom. The summed E-state index contributed by atoms with van der Waals surface area (Å²) in [7, 11) is -3.58. The topological polar surface area (TPSA) is 79.4 Å². The van der Waals surface area contributed by atoms with Gasteiger partial charge in [-0.25, -0.2) is 8.42 Å². The normalized spacial score (nSPS) is 15.4. The van der Waals surface area contributed by atoms with Gasteiger partial charge in [0.1, 0.15) is 4.90 Å². The van der Waals surface area contributed by atoms with E-state index in [9.17, 15) is 13.2 Å². The summed E-state index contributed by atoms with van der Waals surface area (Å²) in [6, 6.07) is 18.4. The smallest absolute Gasteiger partial charge is 0.244 e. The minimum Gasteiger partial charge on any atom is -0.326 e. The first-order chi connectivity index (χ1) is 15.4. The molecule has 9 heteroatoms. The van der Waals surface area contributed by atoms with E-state index in [0.29, 0.717) is 36.6 Å². The van der Waals surface area contributed by atoms with Crippen molar-refractivity contribution in [3.63, 3.8) is 0 Å². The van der Waals surface area contributed by atoms with Crippen LogP contribution in [0.1, 0.15) is 12.8 Å². The Hall–Kier alpha value is -2.39. The molecule has 0 bridgehead atoms. The first-order valence-corrected chi connectivity index (χ1v) is 12.8. The number of hydrogen-bond donors (Lipinski definition) is 1. The number of piperidine rings is 1. The third-order valence-electron chi connectivity index (χ3n) is 5.28. The molecule has 0 aliphatic carbocycles. The molecule has 0 atom stereocenters. The predicted octanol–water partition coefficient (Wildman–Crippen LogP) is 4.93. The Bertz CT molecular complexity index is 1180. The Balaban J connectivity index is 1.32. The van der Waals surface area contributed by atoms with Crippen LogP contribution in [0.3, 0.4) is 0 Å². The van der Waals surface area contributed by atoms with Crippen LogP contribution >= 0.6 is 23.4 Å². The molecule has 0 saturated carbocycles. The van der Waals surface area contributed by atoms with Crippen molar-refractivity contribution in [2.45, 2.75) is 27.5 Å². The summed E-state index contributed by atoms with van der Waals surface area (Å²) >= 11 is 7.77. The molecule has 2 heterocycles. The van der Waals surface area contributed by atoms with Crippen molar-refractivity contribution in [2.75, 3.05) is 18.4 Å². The lowest BCUT2D eigenvalue weighted by Gasteiger charge is -2.30. The number of carbonyl (C=O) groups excluding carboxylic acids is 1. The number of anilines is 1. The monoisotopic (exact) mass is 487 g/mol. The molecule has 32 heavy (non-hydrogen) atoms. The fourth-order valence-corrected chi connectivity index (χ4v) is 6.04. The van der Waals surface area contributed by atoms with Crippen molar-refractivity contribution < 1.29 is 13.2 Å². The van der Waals surface area contributed by atoms with E-state index in [-0.39, 0.29) is 16.7 Å². The second-order valence-corrected chi connectivity index (χ2v) is 10.9. The first-order valence-electron chi connectivity index (χ1n) is 10.2. The van der Waals surface area contributed by atoms with Crippen LogP contribution in [0.25, 0.3) is 0 Å². The molecule has 166 valence electrons. The fourth-order valence-electron chi connectivity index (χ4n) is 3.51. The van der Waals surface area contributed by atoms with Crippen LogP contribution in [0, 0.1) is 5.92 Å². The molecule has 4 rings (SSSR count). The number of pyridine rings is 1. The van der Waals surface area contributed by atoms with Gasteiger partial charge >= 0.3 is 0 Å². The zero-order chi connectivity index (χ0) is 22.6. The van der Waals surface area contributed by atoms with E-state index in [0.717, 1.165) is 9.79 Å². The average molecular weight is 488 g/mol. The van der Waals surface area contributed by atoms with Crippen molar-refractivity contribution >= 4 is 45.0 Å². The van der Waals surface area contributed by atoms with Crippen LogP contribution < -0.4 is 5.32 Å². The SMILES string of the molecule is O=C(Nc1ccc(Sc2ccccc2Cl)cc1)C1CCN(S(=O)(=O)c2cccnc2)CC1. The number of rotatable bonds is 6. The van der Waals surface area contributed by atoms with Crippen molar-refractivity contribution in [2.24, 2.45) is 5.92 Å². The maximum atomic E-state index is 12.7. The fraction of sp³-hybridized carbons (Fsp3) is 0.217. The van der Waals surface area contributed by atoms with Crippen LogP contribution in [-0.4, -0.2) is 36.7 Å². The minimum absolute atomic E-state index is 0.0880. The summed E-state index contributed by atoms with van der Waals surface area (Å²) < 4.78 is 26.9. The molecule has 1 N–H and O–H groups in total. The van der Waals surface area contributed by atoms with Crippen molar-refractivity contribution in [1.29, 1.82) is 0 Å². The van der Waals surface area contributed by atoms with E-state index in [1.165, 1.54) is 22.8 Å². The molecule has 1 amide bonds. The molecule has 1 aromatic heterocycles. The van der Waals surface area contributed by atoms with Gasteiger partial charge in [-0.3, -0.25) is 9.78 Å². The molecule has 3 aromatic rings. The number of sulfonamides is 1. The summed E-state index contributed by atoms with van der Waals surface area (Å²) in [5.74, 6) is -0.317. The largest absolute Gasteiger partial charge is 0.326 e. The van der Waals surface area contributed by atoms with E-state index >= 15 is 0 Å². The van der Waals surface area contributed by atoms with Gasteiger partial charge in [0.05, 0.1) is 5.02 Å². The molecule has 0 unspecified atom stereocenters. The van der Waals surface area contributed by atoms with E-state index < -0.39 is 10.0 Å². The van der Waals surface area contributed by atoms with Crippen LogP contribution in [0.2, 0.25) is 5.02 Å². The highest BCUT2D eigenvalue weighted by Crippen LogP contribution is 2.33. The number of nitrogens with one attached hydrogen (secondary N) is 1. The number of amides is 1. The highest BCUT2D eigenvalue weighted by molar-refractivity contribution is 7.99. The third-order valence-corrected chi connectivity index (χ3v) is 8.69. The molecule has 1 fully saturated rings. The van der Waals surface area contributed by atoms with Crippen LogP contribution in [0.15, 0.2) is 87.7 Å². The maximum Gasteiger partial charge on any atom is 0.244 e. The quantitative estimate of drug-likeness (QED) is 0.533. The lowest BCUT2D eigenvalue weighted by atomic mass is 9.97. The highest BCUT2D eigenvalue weighted by atomic mass is 35.5. The van der Waals surface area contributed by atoms with Gasteiger partial charge in [0.2, 0.25) is 15.9 Å². The number of nitrogens with zero attached hydrogens (tertiary/aromatic N) is 2. The van der Waals surface area contributed by atoms with Gasteiger partial charge in [-0.2, -0.15) is 4.31 Å². The van der Waals surface area contributed by atoms with Gasteiger partial charge in [-0.05, 0) is 61.4 Å². The number of aromatic nitrogens is 1. The van der Waals surface area contributed by atoms with E-state index in [2.05, 4.69) is 10.3 Å². The second kappa shape index (κ2) is 10.0. The molecule has 1 aliphatic rings. The first kappa shape index (κ1) is 22.8. The van der Waals surface area contributed by atoms with E-state index in [1.807, 2.05) is 48.5 Å². The van der Waals surface area contributed by atoms with Crippen molar-refractivity contribution in [1.82, 2.24) is 9.29 Å². The summed E-state index contributed by atoms with van der Waals surface area (Å²) in [4.78, 5) is 18.8. The standard InChI is InChI=1S/C23H22ClN3O3S2/c24-21-5-1-2-6-22(21)31-19-9-7-18(8-10-19)26-23(28)17-11-14-27(15-12-17)32(29,30)20-4-3-13-25-16-20/h1-10,13,16-17H,11-12,14-15H2,(H,26,28). The van der Waals surface area contributed by atoms with Gasteiger partial charge in [-0.15, -0.1) is 0 Å². The zero-order valence-electron chi connectivity index (χ0n) is 17.1. The van der Waals surface area contributed by atoms with Gasteiger partial charge in [0, 0.05) is 46.9 Å². The summed E-state index contributed by atoms with van der Waals surface area (Å²) in [5, 5.41) is 3.65. The van der Waals surface area contributed by atoms with Gasteiger partial charge in [-0.1, -0.05) is 35.5 Å². The van der Waals surface area contributed by atoms with Crippen LogP contribution in [-0.2, 0) is 14.8 Å². The Morgan fingerprint density at radius 2 is 1.75 bits per heavy atom. The molecule has 1 aliphatic heterocycles. The third kappa shape index (κ3) is 5.32. The summed E-state index contributed by atoms with van der Waals surface area (Å²) in [6.45, 7) is 0.617. The highest BCUT2D eigenvalue weighted by Gasteiger charge is 2.32. The molecular weight excluding hydrogens is 466 g/mol. The lowest BCUT2D eigenvalue weighted by molar-refractivity contribution is -0.120. The zero-order valence-corrected chi connectivity index (χ0v) is 19.5. The van der Waals surface area contributed by atoms with E-state index in [4.69, 9.17) is 11.6 Å². The molecule has 2 aromatic carbocycles. The second-order valence-electron chi connectivity index (χ2n) is 7.41. The van der Waals surface area contributed by atoms with Crippen LogP contribution in [0.5, 0.6) is 0 Å². The van der Waals surface area contributed by atoms with Gasteiger partial charge in [0.25, 0.3) is 0 Å². The van der Waals surface area contributed by atoms with Gasteiger partial charge < -0.3 is 5.32 Å². The number of hydrogen-bond acceptors (Lipinski definition) is 5. The van der Waals surface area contributed by atoms with Crippen molar-refractivity contribution in [3.8, 4) is 0 Å². The predicted molar refractivity (Wildman–Crippen MR) is 126 cm³/mol. The van der Waals surface area contributed by atoms with Crippen molar-refractivity contribution in [3.05, 3.63) is 78.1 Å². The average Bonchev–Trinajstić information content (AvgIpc) is 2.82. The molecular formula is C23H22ClN3O3S2. The van der Waals surface area contributed by atoms with Crippen LogP contribution in [0.4, 0.5) is 5.69 Å². The molecule has 0 radical (unpaired) electrons. The Kier molecular flexibility index (Phi) is 7.15. The minimum atomic E-state index is -3.58. The Labute approximate surface area is 197 Å². The van der Waals surface area contributed by atoms with Gasteiger partial charge in [0.15, 0.2) is 0 Å². The van der Waals surface area contributed by atoms with E-state index in [1.54, 1.807) is 17.8 Å². The summed E-state index contributed by atoms with van der Waals surface area (Å²) in [6.07, 6.45) is 3.84. The number of benzene rings is 2. The summed E-state index contributed by atoms with van der Waals surface area (Å²) in [5.41, 5.74) is 0.712. The molecule has 1 saturated heterocycles. The number of carbonyl (C=O) groups is 1. The molecule has 6 nitrogen and oxygen atoms in total. The number of halogens is 1. The lowest BCUT2D eigenvalue weighted by Crippen LogP contribution is -2.41.